The Kier molecular flexibility index (Phi) is 5.74. The van der Waals surface area contributed by atoms with Gasteiger partial charge in [-0.05, 0) is 36.6 Å². The van der Waals surface area contributed by atoms with Gasteiger partial charge in [0.05, 0.1) is 22.8 Å². The zero-order chi connectivity index (χ0) is 18.2. The summed E-state index contributed by atoms with van der Waals surface area (Å²) in [6, 6.07) is 19.4. The number of nitriles is 1. The van der Waals surface area contributed by atoms with Crippen molar-refractivity contribution in [3.63, 3.8) is 0 Å². The van der Waals surface area contributed by atoms with E-state index in [1.807, 2.05) is 66.7 Å². The number of para-hydroxylation sites is 1. The van der Waals surface area contributed by atoms with Gasteiger partial charge in [-0.15, -0.1) is 0 Å². The van der Waals surface area contributed by atoms with Crippen molar-refractivity contribution in [2.75, 3.05) is 5.32 Å². The van der Waals surface area contributed by atoms with Crippen molar-refractivity contribution in [3.8, 4) is 6.07 Å². The third-order valence-electron chi connectivity index (χ3n) is 4.09. The van der Waals surface area contributed by atoms with Crippen molar-refractivity contribution in [1.29, 1.82) is 5.26 Å². The van der Waals surface area contributed by atoms with E-state index >= 15 is 0 Å². The Labute approximate surface area is 152 Å². The van der Waals surface area contributed by atoms with Crippen LogP contribution in [0.2, 0.25) is 0 Å². The van der Waals surface area contributed by atoms with Gasteiger partial charge in [0.25, 0.3) is 0 Å². The Morgan fingerprint density at radius 2 is 1.92 bits per heavy atom. The van der Waals surface area contributed by atoms with E-state index in [0.29, 0.717) is 12.0 Å². The van der Waals surface area contributed by atoms with Crippen LogP contribution >= 0.6 is 0 Å². The first kappa shape index (κ1) is 17.4. The highest BCUT2D eigenvalue weighted by molar-refractivity contribution is 6.00. The number of hydrogen-bond acceptors (Lipinski definition) is 3. The lowest BCUT2D eigenvalue weighted by molar-refractivity contribution is -0.115. The molecule has 0 aliphatic heterocycles. The Morgan fingerprint density at radius 1 is 1.08 bits per heavy atom. The third kappa shape index (κ3) is 4.34. The van der Waals surface area contributed by atoms with Crippen molar-refractivity contribution < 1.29 is 4.79 Å². The highest BCUT2D eigenvalue weighted by Crippen LogP contribution is 2.20. The lowest BCUT2D eigenvalue weighted by Gasteiger charge is -2.06. The largest absolute Gasteiger partial charge is 0.324 e. The fourth-order valence-electron chi connectivity index (χ4n) is 2.80. The monoisotopic (exact) mass is 341 g/mol. The van der Waals surface area contributed by atoms with Crippen LogP contribution < -0.4 is 5.32 Å². The number of carbonyl (C=O) groups is 1. The number of hydrogen-bond donors (Lipinski definition) is 1. The second-order valence-electron chi connectivity index (χ2n) is 5.91. The molecule has 0 fully saturated rings. The fourth-order valence-corrected chi connectivity index (χ4v) is 2.80. The molecule has 1 aromatic heterocycles. The number of fused-ring (bicyclic) bond motifs is 1. The molecule has 1 N–H and O–H groups in total. The summed E-state index contributed by atoms with van der Waals surface area (Å²) in [6.45, 7) is 0. The maximum Gasteiger partial charge on any atom is 0.228 e. The lowest BCUT2D eigenvalue weighted by atomic mass is 10.0. The van der Waals surface area contributed by atoms with Gasteiger partial charge in [-0.25, -0.2) is 0 Å². The second-order valence-corrected chi connectivity index (χ2v) is 5.91. The van der Waals surface area contributed by atoms with Gasteiger partial charge in [0.1, 0.15) is 0 Å². The molecule has 2 aromatic carbocycles. The predicted molar refractivity (Wildman–Crippen MR) is 104 cm³/mol. The Hall–Kier alpha value is -3.45. The van der Waals surface area contributed by atoms with Crippen LogP contribution in [0.3, 0.4) is 0 Å². The molecule has 0 aliphatic carbocycles. The van der Waals surface area contributed by atoms with E-state index in [0.717, 1.165) is 35.0 Å². The summed E-state index contributed by atoms with van der Waals surface area (Å²) in [7, 11) is 0. The molecule has 3 aromatic rings. The first-order chi connectivity index (χ1) is 12.8. The molecule has 1 heterocycles. The molecule has 0 bridgehead atoms. The molecule has 4 heteroatoms. The van der Waals surface area contributed by atoms with E-state index in [4.69, 9.17) is 5.26 Å². The van der Waals surface area contributed by atoms with E-state index in [-0.39, 0.29) is 5.91 Å². The predicted octanol–water partition coefficient (Wildman–Crippen LogP) is 4.62. The summed E-state index contributed by atoms with van der Waals surface area (Å²) in [5.41, 5.74) is 3.26. The summed E-state index contributed by atoms with van der Waals surface area (Å²) in [6.07, 6.45) is 7.45. The highest BCUT2D eigenvalue weighted by atomic mass is 16.1. The van der Waals surface area contributed by atoms with E-state index in [1.54, 1.807) is 6.20 Å². The summed E-state index contributed by atoms with van der Waals surface area (Å²) in [5.74, 6) is -0.0724. The quantitative estimate of drug-likeness (QED) is 0.665. The van der Waals surface area contributed by atoms with Crippen molar-refractivity contribution >= 4 is 22.5 Å². The van der Waals surface area contributed by atoms with Crippen molar-refractivity contribution in [2.24, 2.45) is 0 Å². The minimum absolute atomic E-state index is 0.0724. The summed E-state index contributed by atoms with van der Waals surface area (Å²) >= 11 is 0. The van der Waals surface area contributed by atoms with E-state index < -0.39 is 0 Å². The van der Waals surface area contributed by atoms with Crippen LogP contribution in [-0.4, -0.2) is 10.9 Å². The zero-order valence-electron chi connectivity index (χ0n) is 14.4. The van der Waals surface area contributed by atoms with Gasteiger partial charge in [-0.3, -0.25) is 9.78 Å². The van der Waals surface area contributed by atoms with Crippen molar-refractivity contribution in [1.82, 2.24) is 4.98 Å². The number of anilines is 1. The molecular weight excluding hydrogens is 322 g/mol. The molecule has 4 nitrogen and oxygen atoms in total. The molecule has 0 saturated carbocycles. The number of allylic oxidation sites excluding steroid dienone is 1. The Morgan fingerprint density at radius 3 is 2.81 bits per heavy atom. The first-order valence-corrected chi connectivity index (χ1v) is 8.54. The molecule has 0 saturated heterocycles. The van der Waals surface area contributed by atoms with Crippen LogP contribution in [0.15, 0.2) is 72.9 Å². The number of aryl methyl sites for hydroxylation is 1. The number of nitrogens with zero attached hydrogens (tertiary/aromatic N) is 2. The molecule has 0 spiro atoms. The summed E-state index contributed by atoms with van der Waals surface area (Å²) in [4.78, 5) is 16.5. The van der Waals surface area contributed by atoms with E-state index in [2.05, 4.69) is 16.4 Å². The molecule has 128 valence electrons. The van der Waals surface area contributed by atoms with Crippen LogP contribution in [0.5, 0.6) is 0 Å². The smallest absolute Gasteiger partial charge is 0.228 e. The maximum absolute atomic E-state index is 12.2. The van der Waals surface area contributed by atoms with Gasteiger partial charge in [0.2, 0.25) is 5.91 Å². The molecular formula is C22H19N3O. The summed E-state index contributed by atoms with van der Waals surface area (Å²) in [5, 5.41) is 13.0. The normalized spacial score (nSPS) is 10.7. The van der Waals surface area contributed by atoms with E-state index in [1.165, 1.54) is 0 Å². The second kappa shape index (κ2) is 8.59. The Balaban J connectivity index is 1.52. The van der Waals surface area contributed by atoms with Gasteiger partial charge in [0.15, 0.2) is 0 Å². The van der Waals surface area contributed by atoms with Crippen LogP contribution in [0.25, 0.3) is 10.9 Å². The van der Waals surface area contributed by atoms with Gasteiger partial charge in [-0.2, -0.15) is 5.26 Å². The lowest BCUT2D eigenvalue weighted by Crippen LogP contribution is -2.10. The molecule has 1 amide bonds. The maximum atomic E-state index is 12.2. The number of aromatic nitrogens is 1. The molecule has 0 atom stereocenters. The van der Waals surface area contributed by atoms with Gasteiger partial charge in [0, 0.05) is 18.0 Å². The fraction of sp³-hybridized carbons (Fsp3) is 0.136. The van der Waals surface area contributed by atoms with Crippen LogP contribution in [0, 0.1) is 11.3 Å². The van der Waals surface area contributed by atoms with Crippen LogP contribution in [-0.2, 0) is 11.2 Å². The molecule has 26 heavy (non-hydrogen) atoms. The Bertz CT molecular complexity index is 981. The highest BCUT2D eigenvalue weighted by Gasteiger charge is 2.05. The zero-order valence-corrected chi connectivity index (χ0v) is 14.4. The standard InChI is InChI=1S/C22H19N3O/c23-16-19-10-5-4-9-17(19)8-2-1-3-14-21(26)25-20-13-6-11-18-12-7-15-24-22(18)20/h1,3-7,9-13,15H,2,8,14H2,(H,25,26)/b3-1+. The van der Waals surface area contributed by atoms with Gasteiger partial charge in [-0.1, -0.05) is 48.6 Å². The molecule has 0 aliphatic rings. The SMILES string of the molecule is N#Cc1ccccc1CC/C=C/CC(=O)Nc1cccc2cccnc12. The van der Waals surface area contributed by atoms with Crippen molar-refractivity contribution in [3.05, 3.63) is 84.1 Å². The number of nitrogens with one attached hydrogen (secondary N) is 1. The number of amides is 1. The average Bonchev–Trinajstić information content (AvgIpc) is 2.68. The third-order valence-corrected chi connectivity index (χ3v) is 4.09. The van der Waals surface area contributed by atoms with Gasteiger partial charge >= 0.3 is 0 Å². The average molecular weight is 341 g/mol. The van der Waals surface area contributed by atoms with Crippen LogP contribution in [0.4, 0.5) is 5.69 Å². The summed E-state index contributed by atoms with van der Waals surface area (Å²) < 4.78 is 0. The number of pyridine rings is 1. The van der Waals surface area contributed by atoms with Crippen LogP contribution in [0.1, 0.15) is 24.0 Å². The van der Waals surface area contributed by atoms with Gasteiger partial charge < -0.3 is 5.32 Å². The molecule has 0 unspecified atom stereocenters. The minimum Gasteiger partial charge on any atom is -0.324 e. The minimum atomic E-state index is -0.0724. The number of carbonyl (C=O) groups excluding carboxylic acids is 1. The van der Waals surface area contributed by atoms with E-state index in [9.17, 15) is 4.79 Å². The molecule has 3 rings (SSSR count). The topological polar surface area (TPSA) is 65.8 Å². The number of benzene rings is 2. The van der Waals surface area contributed by atoms with Crippen molar-refractivity contribution in [2.45, 2.75) is 19.3 Å². The molecule has 0 radical (unpaired) electrons. The number of rotatable bonds is 6. The first-order valence-electron chi connectivity index (χ1n) is 8.54.